The Labute approximate surface area is 119 Å². The van der Waals surface area contributed by atoms with E-state index in [-0.39, 0.29) is 6.04 Å². The van der Waals surface area contributed by atoms with Crippen molar-refractivity contribution in [3.8, 4) is 0 Å². The Morgan fingerprint density at radius 2 is 1.67 bits per heavy atom. The number of nitrogens with one attached hydrogen (secondary N) is 1. The highest BCUT2D eigenvalue weighted by molar-refractivity contribution is 9.10. The van der Waals surface area contributed by atoms with Crippen LogP contribution >= 0.6 is 15.9 Å². The molecule has 1 rings (SSSR count). The van der Waals surface area contributed by atoms with Gasteiger partial charge in [0.15, 0.2) is 0 Å². The molecule has 0 heterocycles. The molecule has 0 aliphatic carbocycles. The first kappa shape index (κ1) is 15.7. The molecule has 0 fully saturated rings. The van der Waals surface area contributed by atoms with E-state index in [1.807, 2.05) is 0 Å². The summed E-state index contributed by atoms with van der Waals surface area (Å²) in [6.45, 7) is 8.76. The van der Waals surface area contributed by atoms with Crippen LogP contribution in [0, 0.1) is 19.8 Å². The molecule has 18 heavy (non-hydrogen) atoms. The second-order valence-electron chi connectivity index (χ2n) is 5.11. The van der Waals surface area contributed by atoms with Gasteiger partial charge in [0.2, 0.25) is 0 Å². The highest BCUT2D eigenvalue weighted by Gasteiger charge is 2.16. The van der Waals surface area contributed by atoms with E-state index in [0.29, 0.717) is 0 Å². The minimum Gasteiger partial charge on any atom is -0.271 e. The van der Waals surface area contributed by atoms with Crippen molar-refractivity contribution in [1.29, 1.82) is 0 Å². The first-order chi connectivity index (χ1) is 8.53. The Hall–Kier alpha value is -0.380. The van der Waals surface area contributed by atoms with Gasteiger partial charge in [0, 0.05) is 10.5 Å². The zero-order valence-electron chi connectivity index (χ0n) is 11.9. The quantitative estimate of drug-likeness (QED) is 0.603. The van der Waals surface area contributed by atoms with Gasteiger partial charge in [0.25, 0.3) is 0 Å². The van der Waals surface area contributed by atoms with Crippen LogP contribution in [0.4, 0.5) is 0 Å². The molecule has 0 radical (unpaired) electrons. The van der Waals surface area contributed by atoms with Crippen LogP contribution in [0.3, 0.4) is 0 Å². The van der Waals surface area contributed by atoms with Gasteiger partial charge < -0.3 is 0 Å². The molecule has 1 aromatic rings. The topological polar surface area (TPSA) is 38.0 Å². The Morgan fingerprint density at radius 1 is 1.17 bits per heavy atom. The lowest BCUT2D eigenvalue weighted by molar-refractivity contribution is 0.375. The maximum Gasteiger partial charge on any atom is 0.0462 e. The van der Waals surface area contributed by atoms with Gasteiger partial charge in [-0.2, -0.15) is 0 Å². The summed E-state index contributed by atoms with van der Waals surface area (Å²) in [5, 5.41) is 0. The third kappa shape index (κ3) is 3.81. The van der Waals surface area contributed by atoms with Crippen LogP contribution in [-0.4, -0.2) is 0 Å². The minimum atomic E-state index is 0.250. The van der Waals surface area contributed by atoms with Crippen molar-refractivity contribution in [3.63, 3.8) is 0 Å². The zero-order chi connectivity index (χ0) is 13.7. The normalized spacial score (nSPS) is 13.1. The van der Waals surface area contributed by atoms with Crippen LogP contribution in [0.2, 0.25) is 0 Å². The summed E-state index contributed by atoms with van der Waals surface area (Å²) < 4.78 is 1.20. The third-order valence-corrected chi connectivity index (χ3v) is 5.04. The molecule has 0 aliphatic rings. The van der Waals surface area contributed by atoms with Crippen molar-refractivity contribution in [3.05, 3.63) is 33.3 Å². The van der Waals surface area contributed by atoms with E-state index in [2.05, 4.69) is 61.2 Å². The molecule has 0 saturated carbocycles. The average Bonchev–Trinajstić information content (AvgIpc) is 2.37. The monoisotopic (exact) mass is 312 g/mol. The average molecular weight is 313 g/mol. The maximum absolute atomic E-state index is 5.74. The maximum atomic E-state index is 5.74. The molecule has 0 spiro atoms. The number of rotatable bonds is 6. The molecule has 0 bridgehead atoms. The fraction of sp³-hybridized carbons (Fsp3) is 0.600. The molecule has 0 aromatic heterocycles. The summed E-state index contributed by atoms with van der Waals surface area (Å²) >= 11 is 3.61. The van der Waals surface area contributed by atoms with Gasteiger partial charge >= 0.3 is 0 Å². The molecule has 2 nitrogen and oxygen atoms in total. The lowest BCUT2D eigenvalue weighted by atomic mass is 9.90. The predicted molar refractivity (Wildman–Crippen MR) is 82.4 cm³/mol. The summed E-state index contributed by atoms with van der Waals surface area (Å²) in [7, 11) is 0. The highest BCUT2D eigenvalue weighted by Crippen LogP contribution is 2.29. The van der Waals surface area contributed by atoms with Crippen LogP contribution in [0.15, 0.2) is 16.6 Å². The number of benzene rings is 1. The van der Waals surface area contributed by atoms with Crippen molar-refractivity contribution < 1.29 is 0 Å². The smallest absolute Gasteiger partial charge is 0.0462 e. The number of hydrogen-bond acceptors (Lipinski definition) is 2. The lowest BCUT2D eigenvalue weighted by Gasteiger charge is -2.23. The van der Waals surface area contributed by atoms with Crippen LogP contribution < -0.4 is 11.3 Å². The van der Waals surface area contributed by atoms with E-state index in [0.717, 1.165) is 12.3 Å². The first-order valence-corrected chi connectivity index (χ1v) is 7.55. The molecule has 0 amide bonds. The number of nitrogens with two attached hydrogens (primary N) is 1. The Morgan fingerprint density at radius 3 is 2.06 bits per heavy atom. The molecule has 0 aliphatic heterocycles. The Bertz CT molecular complexity index is 363. The van der Waals surface area contributed by atoms with Crippen molar-refractivity contribution >= 4 is 15.9 Å². The van der Waals surface area contributed by atoms with E-state index in [4.69, 9.17) is 5.84 Å². The number of hydrogen-bond donors (Lipinski definition) is 2. The second-order valence-corrected chi connectivity index (χ2v) is 5.90. The number of aryl methyl sites for hydroxylation is 2. The molecule has 1 aromatic carbocycles. The standard InChI is InChI=1S/C15H25BrN2/c1-5-12(6-2)9-14(18-17)13-7-10(3)15(16)11(4)8-13/h7-8,12,14,18H,5-6,9,17H2,1-4H3. The fourth-order valence-corrected chi connectivity index (χ4v) is 2.67. The largest absolute Gasteiger partial charge is 0.271 e. The predicted octanol–water partition coefficient (Wildman–Crippen LogP) is 4.40. The molecule has 1 unspecified atom stereocenters. The zero-order valence-corrected chi connectivity index (χ0v) is 13.5. The summed E-state index contributed by atoms with van der Waals surface area (Å²) in [4.78, 5) is 0. The first-order valence-electron chi connectivity index (χ1n) is 6.76. The van der Waals surface area contributed by atoms with Gasteiger partial charge in [0.1, 0.15) is 0 Å². The second kappa shape index (κ2) is 7.27. The van der Waals surface area contributed by atoms with Crippen molar-refractivity contribution in [2.24, 2.45) is 11.8 Å². The highest BCUT2D eigenvalue weighted by atomic mass is 79.9. The molecular weight excluding hydrogens is 288 g/mol. The molecule has 3 heteroatoms. The SMILES string of the molecule is CCC(CC)CC(NN)c1cc(C)c(Br)c(C)c1. The van der Waals surface area contributed by atoms with E-state index < -0.39 is 0 Å². The van der Waals surface area contributed by atoms with E-state index >= 15 is 0 Å². The molecule has 0 saturated heterocycles. The van der Waals surface area contributed by atoms with E-state index in [9.17, 15) is 0 Å². The lowest BCUT2D eigenvalue weighted by Crippen LogP contribution is -2.29. The molecular formula is C15H25BrN2. The van der Waals surface area contributed by atoms with Crippen LogP contribution in [0.5, 0.6) is 0 Å². The summed E-state index contributed by atoms with van der Waals surface area (Å²) in [5.74, 6) is 6.47. The third-order valence-electron chi connectivity index (χ3n) is 3.79. The molecule has 3 N–H and O–H groups in total. The van der Waals surface area contributed by atoms with Gasteiger partial charge in [-0.05, 0) is 42.9 Å². The Balaban J connectivity index is 2.95. The van der Waals surface area contributed by atoms with Crippen molar-refractivity contribution in [2.45, 2.75) is 53.0 Å². The minimum absolute atomic E-state index is 0.250. The van der Waals surface area contributed by atoms with Gasteiger partial charge in [-0.25, -0.2) is 0 Å². The van der Waals surface area contributed by atoms with Gasteiger partial charge in [-0.1, -0.05) is 54.8 Å². The molecule has 102 valence electrons. The van der Waals surface area contributed by atoms with E-state index in [1.165, 1.54) is 34.0 Å². The van der Waals surface area contributed by atoms with Gasteiger partial charge in [0.05, 0.1) is 0 Å². The van der Waals surface area contributed by atoms with E-state index in [1.54, 1.807) is 0 Å². The van der Waals surface area contributed by atoms with Gasteiger partial charge in [-0.15, -0.1) is 0 Å². The van der Waals surface area contributed by atoms with Crippen molar-refractivity contribution in [2.75, 3.05) is 0 Å². The molecule has 1 atom stereocenters. The number of halogens is 1. The number of hydrazine groups is 1. The van der Waals surface area contributed by atoms with Crippen molar-refractivity contribution in [1.82, 2.24) is 5.43 Å². The summed E-state index contributed by atoms with van der Waals surface area (Å²) in [6, 6.07) is 4.70. The van der Waals surface area contributed by atoms with Crippen LogP contribution in [-0.2, 0) is 0 Å². The fourth-order valence-electron chi connectivity index (χ4n) is 2.44. The van der Waals surface area contributed by atoms with Crippen LogP contribution in [0.25, 0.3) is 0 Å². The summed E-state index contributed by atoms with van der Waals surface area (Å²) in [6.07, 6.45) is 3.52. The Kier molecular flexibility index (Phi) is 6.33. The van der Waals surface area contributed by atoms with Crippen LogP contribution in [0.1, 0.15) is 55.8 Å². The summed E-state index contributed by atoms with van der Waals surface area (Å²) in [5.41, 5.74) is 6.82. The van der Waals surface area contributed by atoms with Gasteiger partial charge in [-0.3, -0.25) is 11.3 Å².